The molecule has 3 N–H and O–H groups in total. The van der Waals surface area contributed by atoms with Gasteiger partial charge in [-0.25, -0.2) is 4.79 Å². The number of benzene rings is 1. The van der Waals surface area contributed by atoms with E-state index in [1.807, 2.05) is 0 Å². The molecule has 2 unspecified atom stereocenters. The highest BCUT2D eigenvalue weighted by atomic mass is 35.5. The number of hydrogen-bond donors (Lipinski definition) is 3. The van der Waals surface area contributed by atoms with E-state index in [1.165, 1.54) is 0 Å². The van der Waals surface area contributed by atoms with E-state index < -0.39 is 23.9 Å². The molecule has 1 amide bonds. The predicted molar refractivity (Wildman–Crippen MR) is 94.4 cm³/mol. The molecule has 0 spiro atoms. The Balaban J connectivity index is 1.95. The molecule has 0 saturated carbocycles. The average Bonchev–Trinajstić information content (AvgIpc) is 3.00. The summed E-state index contributed by atoms with van der Waals surface area (Å²) < 4.78 is 10.7. The average molecular weight is 368 g/mol. The monoisotopic (exact) mass is 367 g/mol. The summed E-state index contributed by atoms with van der Waals surface area (Å²) in [5.41, 5.74) is 0.159. The van der Waals surface area contributed by atoms with Crippen molar-refractivity contribution in [1.82, 2.24) is 5.32 Å². The highest BCUT2D eigenvalue weighted by Crippen LogP contribution is 2.27. The largest absolute Gasteiger partial charge is 0.458 e. The van der Waals surface area contributed by atoms with E-state index in [-0.39, 0.29) is 12.3 Å². The van der Waals surface area contributed by atoms with Crippen molar-refractivity contribution in [2.24, 2.45) is 0 Å². The van der Waals surface area contributed by atoms with E-state index in [4.69, 9.17) is 20.8 Å². The molecule has 136 valence electrons. The zero-order valence-electron chi connectivity index (χ0n) is 14.3. The third kappa shape index (κ3) is 5.77. The SMILES string of the molecule is CC(C)(C)OC(=O)NCC(O)C(O)c1ccc(-c2ccc(Cl)cc2)o1. The third-order valence-electron chi connectivity index (χ3n) is 3.27. The van der Waals surface area contributed by atoms with Crippen molar-refractivity contribution in [2.45, 2.75) is 38.6 Å². The first-order chi connectivity index (χ1) is 11.7. The van der Waals surface area contributed by atoms with Crippen LogP contribution in [0.2, 0.25) is 5.02 Å². The second kappa shape index (κ2) is 7.91. The molecule has 0 aliphatic carbocycles. The number of carbonyl (C=O) groups is 1. The van der Waals surface area contributed by atoms with Gasteiger partial charge in [-0.1, -0.05) is 11.6 Å². The van der Waals surface area contributed by atoms with Gasteiger partial charge in [0.2, 0.25) is 0 Å². The summed E-state index contributed by atoms with van der Waals surface area (Å²) in [6.07, 6.45) is -3.19. The van der Waals surface area contributed by atoms with Gasteiger partial charge in [0, 0.05) is 17.1 Å². The smallest absolute Gasteiger partial charge is 0.407 e. The lowest BCUT2D eigenvalue weighted by atomic mass is 10.1. The van der Waals surface area contributed by atoms with Gasteiger partial charge in [0.25, 0.3) is 0 Å². The van der Waals surface area contributed by atoms with E-state index in [9.17, 15) is 15.0 Å². The summed E-state index contributed by atoms with van der Waals surface area (Å²) in [6, 6.07) is 10.3. The zero-order valence-corrected chi connectivity index (χ0v) is 15.1. The molecule has 2 atom stereocenters. The number of aliphatic hydroxyl groups excluding tert-OH is 2. The fourth-order valence-electron chi connectivity index (χ4n) is 2.08. The minimum Gasteiger partial charge on any atom is -0.458 e. The Hall–Kier alpha value is -2.02. The first-order valence-electron chi connectivity index (χ1n) is 7.84. The number of furan rings is 1. The molecule has 0 saturated heterocycles. The summed E-state index contributed by atoms with van der Waals surface area (Å²) in [7, 11) is 0. The van der Waals surface area contributed by atoms with Crippen molar-refractivity contribution < 1.29 is 24.2 Å². The van der Waals surface area contributed by atoms with Gasteiger partial charge in [0.15, 0.2) is 0 Å². The first kappa shape index (κ1) is 19.3. The second-order valence-electron chi connectivity index (χ2n) is 6.60. The van der Waals surface area contributed by atoms with Gasteiger partial charge in [-0.05, 0) is 57.2 Å². The van der Waals surface area contributed by atoms with E-state index in [0.717, 1.165) is 5.56 Å². The fraction of sp³-hybridized carbons (Fsp3) is 0.389. The van der Waals surface area contributed by atoms with Crippen LogP contribution in [0.15, 0.2) is 40.8 Å². The predicted octanol–water partition coefficient (Wildman–Crippen LogP) is 3.52. The molecule has 2 aromatic rings. The Morgan fingerprint density at radius 2 is 1.84 bits per heavy atom. The standard InChI is InChI=1S/C18H22ClNO5/c1-18(2,3)25-17(23)20-10-13(21)16(22)15-9-8-14(24-15)11-4-6-12(19)7-5-11/h4-9,13,16,21-22H,10H2,1-3H3,(H,20,23). The number of alkyl carbamates (subject to hydrolysis) is 1. The van der Waals surface area contributed by atoms with Crippen LogP contribution in [-0.2, 0) is 4.74 Å². The van der Waals surface area contributed by atoms with Crippen LogP contribution in [-0.4, -0.2) is 34.6 Å². The number of carbonyl (C=O) groups excluding carboxylic acids is 1. The summed E-state index contributed by atoms with van der Waals surface area (Å²) in [5.74, 6) is 0.737. The Kier molecular flexibility index (Phi) is 6.11. The van der Waals surface area contributed by atoms with Crippen LogP contribution < -0.4 is 5.32 Å². The van der Waals surface area contributed by atoms with E-state index in [0.29, 0.717) is 10.8 Å². The number of nitrogens with one attached hydrogen (secondary N) is 1. The maximum atomic E-state index is 11.6. The van der Waals surface area contributed by atoms with Crippen LogP contribution in [0.1, 0.15) is 32.6 Å². The molecule has 25 heavy (non-hydrogen) atoms. The van der Waals surface area contributed by atoms with Gasteiger partial charge < -0.3 is 24.7 Å². The molecular formula is C18H22ClNO5. The Bertz CT molecular complexity index is 705. The van der Waals surface area contributed by atoms with Crippen molar-refractivity contribution in [1.29, 1.82) is 0 Å². The van der Waals surface area contributed by atoms with Crippen molar-refractivity contribution >= 4 is 17.7 Å². The summed E-state index contributed by atoms with van der Waals surface area (Å²) >= 11 is 5.85. The first-order valence-corrected chi connectivity index (χ1v) is 8.22. The van der Waals surface area contributed by atoms with Gasteiger partial charge in [-0.3, -0.25) is 0 Å². The number of halogens is 1. The lowest BCUT2D eigenvalue weighted by Gasteiger charge is -2.21. The Morgan fingerprint density at radius 1 is 1.20 bits per heavy atom. The fourth-order valence-corrected chi connectivity index (χ4v) is 2.21. The maximum Gasteiger partial charge on any atom is 0.407 e. The molecule has 0 bridgehead atoms. The molecule has 0 radical (unpaired) electrons. The quantitative estimate of drug-likeness (QED) is 0.752. The summed E-state index contributed by atoms with van der Waals surface area (Å²) in [6.45, 7) is 5.03. The molecule has 0 aliphatic heterocycles. The molecule has 1 aromatic heterocycles. The number of ether oxygens (including phenoxy) is 1. The third-order valence-corrected chi connectivity index (χ3v) is 3.52. The lowest BCUT2D eigenvalue weighted by molar-refractivity contribution is 0.00257. The normalized spacial score (nSPS) is 14.0. The van der Waals surface area contributed by atoms with E-state index in [2.05, 4.69) is 5.32 Å². The molecule has 7 heteroatoms. The highest BCUT2D eigenvalue weighted by molar-refractivity contribution is 6.30. The zero-order chi connectivity index (χ0) is 18.6. The van der Waals surface area contributed by atoms with Crippen LogP contribution in [0.4, 0.5) is 4.79 Å². The number of rotatable bonds is 5. The molecule has 6 nitrogen and oxygen atoms in total. The van der Waals surface area contributed by atoms with Gasteiger partial charge >= 0.3 is 6.09 Å². The van der Waals surface area contributed by atoms with Gasteiger partial charge in [-0.2, -0.15) is 0 Å². The topological polar surface area (TPSA) is 91.9 Å². The molecule has 2 rings (SSSR count). The lowest BCUT2D eigenvalue weighted by Crippen LogP contribution is -2.38. The van der Waals surface area contributed by atoms with Gasteiger partial charge in [0.05, 0.1) is 0 Å². The molecular weight excluding hydrogens is 346 g/mol. The van der Waals surface area contributed by atoms with Crippen LogP contribution in [0.3, 0.4) is 0 Å². The molecule has 0 aliphatic rings. The Morgan fingerprint density at radius 3 is 2.44 bits per heavy atom. The van der Waals surface area contributed by atoms with Crippen molar-refractivity contribution in [3.63, 3.8) is 0 Å². The minimum absolute atomic E-state index is 0.174. The number of amides is 1. The maximum absolute atomic E-state index is 11.6. The van der Waals surface area contributed by atoms with Crippen molar-refractivity contribution in [2.75, 3.05) is 6.54 Å². The summed E-state index contributed by atoms with van der Waals surface area (Å²) in [4.78, 5) is 11.6. The van der Waals surface area contributed by atoms with Gasteiger partial charge in [0.1, 0.15) is 29.3 Å². The number of aliphatic hydroxyl groups is 2. The van der Waals surface area contributed by atoms with Crippen molar-refractivity contribution in [3.8, 4) is 11.3 Å². The van der Waals surface area contributed by atoms with Gasteiger partial charge in [-0.15, -0.1) is 0 Å². The highest BCUT2D eigenvalue weighted by Gasteiger charge is 2.24. The van der Waals surface area contributed by atoms with Crippen LogP contribution in [0, 0.1) is 0 Å². The number of hydrogen-bond acceptors (Lipinski definition) is 5. The van der Waals surface area contributed by atoms with Crippen LogP contribution in [0.25, 0.3) is 11.3 Å². The molecule has 0 fully saturated rings. The molecule has 1 aromatic carbocycles. The van der Waals surface area contributed by atoms with Crippen molar-refractivity contribution in [3.05, 3.63) is 47.2 Å². The summed E-state index contributed by atoms with van der Waals surface area (Å²) in [5, 5.41) is 23.2. The second-order valence-corrected chi connectivity index (χ2v) is 7.04. The van der Waals surface area contributed by atoms with Crippen LogP contribution >= 0.6 is 11.6 Å². The molecule has 1 heterocycles. The van der Waals surface area contributed by atoms with E-state index in [1.54, 1.807) is 57.2 Å². The minimum atomic E-state index is -1.28. The van der Waals surface area contributed by atoms with Crippen LogP contribution in [0.5, 0.6) is 0 Å². The van der Waals surface area contributed by atoms with E-state index >= 15 is 0 Å². The Labute approximate surface area is 151 Å².